The number of rotatable bonds is 115. The second kappa shape index (κ2) is 119. The normalized spacial score (nSPS) is 14.3. The van der Waals surface area contributed by atoms with Crippen molar-refractivity contribution in [3.8, 4) is 0 Å². The van der Waals surface area contributed by atoms with Crippen LogP contribution in [0.3, 0.4) is 0 Å². The van der Waals surface area contributed by atoms with Gasteiger partial charge in [-0.2, -0.15) is 0 Å². The molecule has 0 aliphatic carbocycles. The molecule has 854 valence electrons. The molecule has 0 heterocycles. The number of allylic oxidation sites excluding steroid dienone is 4. The monoisotopic (exact) mass is 2000 g/mol. The lowest BCUT2D eigenvalue weighted by atomic mass is 10.0. The van der Waals surface area contributed by atoms with E-state index in [-0.39, 0.29) is 0 Å². The van der Waals surface area contributed by atoms with Crippen LogP contribution >= 0.6 is 0 Å². The summed E-state index contributed by atoms with van der Waals surface area (Å²) in [4.78, 5) is 16.5. The van der Waals surface area contributed by atoms with Gasteiger partial charge in [-0.25, -0.2) is 0 Å². The highest BCUT2D eigenvalue weighted by atomic mass is 15.2. The van der Waals surface area contributed by atoms with Gasteiger partial charge < -0.3 is 54.0 Å². The molecule has 0 amide bonds. The Labute approximate surface area is 897 Å². The van der Waals surface area contributed by atoms with Gasteiger partial charge in [-0.3, -0.25) is 9.80 Å². The van der Waals surface area contributed by atoms with Crippen molar-refractivity contribution in [3.05, 3.63) is 24.3 Å². The Kier molecular flexibility index (Phi) is 121. The highest BCUT2D eigenvalue weighted by Gasteiger charge is 2.24. The molecule has 12 nitrogen and oxygen atoms in total. The fraction of sp³-hybridized carbons (Fsp3) is 0.969. The van der Waals surface area contributed by atoms with Crippen LogP contribution in [0.1, 0.15) is 624 Å². The molecule has 142 heavy (non-hydrogen) atoms. The molecule has 0 fully saturated rings. The van der Waals surface area contributed by atoms with E-state index < -0.39 is 0 Å². The quantitative estimate of drug-likeness (QED) is 0.0252. The molecule has 0 radical (unpaired) electrons. The van der Waals surface area contributed by atoms with Gasteiger partial charge in [0.1, 0.15) is 0 Å². The standard InChI is InChI=1S/C48H98N4.C44H94N4.C38H82N4/c1-5-7-9-11-13-15-17-19-21-23-25-27-29-31-33-35-39-51(45-47(3)43-49)41-37-38-42-52(46-48(4)44-50)40-36-34-32-30-28-26-24-22-20-18-16-14-12-10-8-6-2;1-7-9-11-13-15-17-19-21-23-25-27-29-33-43(5)47(39-41(3)37-45)35-31-32-36-48(40-42(4)38-46)44(6)34-30-28-26-24-22-20-18-16-14-12-10-8-2;1-7-9-11-13-15-17-19-21-23-25-27-37(5)41(33-35(3)31-39)29-30-42(34-36(4)32-40)38(6)28-26-24-22-20-18-16-14-12-10-8-2/h19-22,47-48H,5-18,23-46,49-50H2,1-4H3;41-44H,7-40,45-46H2,1-6H3;35-38H,7-34,39-40H2,1-6H3/b21-19-,22-20-;;. The van der Waals surface area contributed by atoms with Gasteiger partial charge in [-0.05, 0) is 257 Å². The topological polar surface area (TPSA) is 176 Å². The minimum absolute atomic E-state index is 0.556. The van der Waals surface area contributed by atoms with E-state index in [1.807, 2.05) is 0 Å². The minimum atomic E-state index is 0.556. The molecule has 10 atom stereocenters. The van der Waals surface area contributed by atoms with Crippen molar-refractivity contribution in [1.29, 1.82) is 0 Å². The Hall–Kier alpha value is -1.00. The Bertz CT molecular complexity index is 2200. The van der Waals surface area contributed by atoms with Crippen LogP contribution in [0.2, 0.25) is 0 Å². The maximum Gasteiger partial charge on any atom is 0.0112 e. The predicted molar refractivity (Wildman–Crippen MR) is 648 cm³/mol. The lowest BCUT2D eigenvalue weighted by Gasteiger charge is -2.36. The van der Waals surface area contributed by atoms with Crippen molar-refractivity contribution in [2.45, 2.75) is 649 Å². The van der Waals surface area contributed by atoms with Crippen LogP contribution in [-0.4, -0.2) is 184 Å². The number of nitrogens with two attached hydrogens (primary N) is 6. The molecule has 0 aromatic heterocycles. The molecule has 0 saturated heterocycles. The van der Waals surface area contributed by atoms with E-state index in [2.05, 4.69) is 164 Å². The van der Waals surface area contributed by atoms with Crippen LogP contribution in [0.5, 0.6) is 0 Å². The maximum absolute atomic E-state index is 6.09. The highest BCUT2D eigenvalue weighted by molar-refractivity contribution is 4.84. The number of hydrogen-bond acceptors (Lipinski definition) is 12. The second-order valence-corrected chi connectivity index (χ2v) is 47.6. The van der Waals surface area contributed by atoms with Gasteiger partial charge in [0.25, 0.3) is 0 Å². The lowest BCUT2D eigenvalue weighted by molar-refractivity contribution is 0.114. The summed E-state index contributed by atoms with van der Waals surface area (Å²) < 4.78 is 0. The van der Waals surface area contributed by atoms with Crippen LogP contribution in [0.4, 0.5) is 0 Å². The van der Waals surface area contributed by atoms with Crippen LogP contribution in [0.15, 0.2) is 24.3 Å². The average Bonchev–Trinajstić information content (AvgIpc) is 0.905. The summed E-state index contributed by atoms with van der Waals surface area (Å²) in [5.74, 6) is 3.44. The van der Waals surface area contributed by atoms with Gasteiger partial charge in [-0.1, -0.05) is 505 Å². The summed E-state index contributed by atoms with van der Waals surface area (Å²) in [5, 5.41) is 0. The fourth-order valence-corrected chi connectivity index (χ4v) is 21.4. The van der Waals surface area contributed by atoms with E-state index in [0.29, 0.717) is 59.7 Å². The molecular formula is C130H274N12. The van der Waals surface area contributed by atoms with E-state index in [0.717, 1.165) is 91.6 Å². The summed E-state index contributed by atoms with van der Waals surface area (Å²) >= 11 is 0. The molecule has 12 N–H and O–H groups in total. The van der Waals surface area contributed by atoms with Crippen molar-refractivity contribution in [2.24, 2.45) is 69.9 Å². The van der Waals surface area contributed by atoms with Crippen LogP contribution in [-0.2, 0) is 0 Å². The molecule has 0 aliphatic heterocycles. The number of unbranched alkanes of at least 4 members (excludes halogenated alkanes) is 66. The SMILES string of the molecule is CCCCCCCC/C=C\CCCCCCCCN(CCCCN(CCCCCCCC/C=C\CCCCCCCC)CC(C)CN)CC(C)CN.CCCCCCCCCCCCC(C)N(CCN(CC(C)CN)C(C)CCCCCCCCCCCC)CC(C)CN.CCCCCCCCCCCCCCC(C)N(CCCCN(CC(C)CN)C(C)CCCCCCCCCCCCCC)CC(C)CN. The average molecular weight is 2010 g/mol. The van der Waals surface area contributed by atoms with Crippen molar-refractivity contribution in [3.63, 3.8) is 0 Å². The summed E-state index contributed by atoms with van der Waals surface area (Å²) in [7, 11) is 0. The molecule has 10 unspecified atom stereocenters. The van der Waals surface area contributed by atoms with E-state index >= 15 is 0 Å². The predicted octanol–water partition coefficient (Wildman–Crippen LogP) is 36.3. The first-order valence-electron chi connectivity index (χ1n) is 65.3. The molecule has 12 heteroatoms. The van der Waals surface area contributed by atoms with E-state index in [1.54, 1.807) is 0 Å². The molecule has 0 aromatic carbocycles. The Morgan fingerprint density at radius 3 is 0.458 bits per heavy atom. The molecule has 0 aromatic rings. The third kappa shape index (κ3) is 106. The first-order valence-corrected chi connectivity index (χ1v) is 65.3. The highest BCUT2D eigenvalue weighted by Crippen LogP contribution is 2.25. The molecule has 0 spiro atoms. The zero-order valence-electron chi connectivity index (χ0n) is 101. The second-order valence-electron chi connectivity index (χ2n) is 47.6. The molecule has 0 bridgehead atoms. The summed E-state index contributed by atoms with van der Waals surface area (Å²) in [6.07, 6.45) is 121. The van der Waals surface area contributed by atoms with Crippen molar-refractivity contribution in [2.75, 3.05) is 131 Å². The van der Waals surface area contributed by atoms with Crippen LogP contribution < -0.4 is 34.4 Å². The van der Waals surface area contributed by atoms with Crippen LogP contribution in [0.25, 0.3) is 0 Å². The summed E-state index contributed by atoms with van der Waals surface area (Å²) in [5.41, 5.74) is 36.5. The third-order valence-corrected chi connectivity index (χ3v) is 32.1. The number of hydrogen-bond donors (Lipinski definition) is 6. The first-order chi connectivity index (χ1) is 69.3. The zero-order chi connectivity index (χ0) is 105. The fourth-order valence-electron chi connectivity index (χ4n) is 21.4. The van der Waals surface area contributed by atoms with Crippen molar-refractivity contribution >= 4 is 0 Å². The largest absolute Gasteiger partial charge is 0.330 e. The number of nitrogens with zero attached hydrogens (tertiary/aromatic N) is 6. The Balaban J connectivity index is -0.00000205. The molecule has 0 aliphatic rings. The molecule has 0 saturated carbocycles. The third-order valence-electron chi connectivity index (χ3n) is 32.1. The van der Waals surface area contributed by atoms with Gasteiger partial charge in [-0.15, -0.1) is 0 Å². The lowest BCUT2D eigenvalue weighted by Crippen LogP contribution is -2.46. The Morgan fingerprint density at radius 1 is 0.148 bits per heavy atom. The van der Waals surface area contributed by atoms with E-state index in [4.69, 9.17) is 34.4 Å². The minimum Gasteiger partial charge on any atom is -0.330 e. The van der Waals surface area contributed by atoms with Crippen molar-refractivity contribution < 1.29 is 0 Å². The van der Waals surface area contributed by atoms with Gasteiger partial charge >= 0.3 is 0 Å². The first kappa shape index (κ1) is 145. The van der Waals surface area contributed by atoms with Gasteiger partial charge in [0.2, 0.25) is 0 Å². The van der Waals surface area contributed by atoms with Gasteiger partial charge in [0.05, 0.1) is 0 Å². The maximum atomic E-state index is 6.09. The van der Waals surface area contributed by atoms with Gasteiger partial charge in [0.15, 0.2) is 0 Å². The Morgan fingerprint density at radius 2 is 0.282 bits per heavy atom. The molecule has 0 rings (SSSR count). The van der Waals surface area contributed by atoms with Crippen LogP contribution in [0, 0.1) is 35.5 Å². The smallest absolute Gasteiger partial charge is 0.0112 e. The van der Waals surface area contributed by atoms with E-state index in [1.165, 1.54) is 553 Å². The van der Waals surface area contributed by atoms with Gasteiger partial charge in [0, 0.05) is 76.5 Å². The summed E-state index contributed by atoms with van der Waals surface area (Å²) in [6, 6.07) is 2.61. The van der Waals surface area contributed by atoms with Crippen molar-refractivity contribution in [1.82, 2.24) is 29.4 Å². The van der Waals surface area contributed by atoms with E-state index in [9.17, 15) is 0 Å². The summed E-state index contributed by atoms with van der Waals surface area (Å²) in [6.45, 7) is 59.0. The molecular weight excluding hydrogens is 1730 g/mol. The zero-order valence-corrected chi connectivity index (χ0v) is 101.